The number of hydrogen-bond acceptors (Lipinski definition) is 4. The van der Waals surface area contributed by atoms with Gasteiger partial charge in [-0.15, -0.1) is 0 Å². The van der Waals surface area contributed by atoms with E-state index in [1.54, 1.807) is 18.2 Å². The van der Waals surface area contributed by atoms with E-state index in [-0.39, 0.29) is 0 Å². The van der Waals surface area contributed by atoms with Crippen molar-refractivity contribution in [2.24, 2.45) is 0 Å². The van der Waals surface area contributed by atoms with Gasteiger partial charge in [0.05, 0.1) is 11.3 Å². The predicted octanol–water partition coefficient (Wildman–Crippen LogP) is 2.65. The van der Waals surface area contributed by atoms with Gasteiger partial charge in [-0.2, -0.15) is 17.0 Å². The van der Waals surface area contributed by atoms with E-state index in [0.29, 0.717) is 27.9 Å². The molecule has 112 valence electrons. The summed E-state index contributed by atoms with van der Waals surface area (Å²) >= 11 is 4.75. The Labute approximate surface area is 135 Å². The fourth-order valence-corrected chi connectivity index (χ4v) is 2.36. The van der Waals surface area contributed by atoms with Crippen molar-refractivity contribution in [3.05, 3.63) is 28.2 Å². The van der Waals surface area contributed by atoms with Crippen LogP contribution in [0.1, 0.15) is 12.0 Å². The summed E-state index contributed by atoms with van der Waals surface area (Å²) in [6.07, 6.45) is 2.19. The van der Waals surface area contributed by atoms with Gasteiger partial charge in [-0.1, -0.05) is 15.9 Å². The van der Waals surface area contributed by atoms with Crippen LogP contribution in [0.15, 0.2) is 22.7 Å². The Morgan fingerprint density at radius 3 is 2.81 bits per heavy atom. The summed E-state index contributed by atoms with van der Waals surface area (Å²) < 4.78 is 0.703. The minimum atomic E-state index is -1.09. The van der Waals surface area contributed by atoms with E-state index in [0.717, 1.165) is 0 Å². The number of nitrogens with zero attached hydrogens (tertiary/aromatic N) is 1. The third-order valence-electron chi connectivity index (χ3n) is 2.56. The van der Waals surface area contributed by atoms with E-state index < -0.39 is 18.0 Å². The average molecular weight is 372 g/mol. The van der Waals surface area contributed by atoms with Gasteiger partial charge in [-0.05, 0) is 36.6 Å². The minimum absolute atomic E-state index is 0.296. The highest BCUT2D eigenvalue weighted by molar-refractivity contribution is 9.10. The smallest absolute Gasteiger partial charge is 0.326 e. The quantitative estimate of drug-likeness (QED) is 0.713. The molecule has 3 N–H and O–H groups in total. The first-order valence-electron chi connectivity index (χ1n) is 5.96. The summed E-state index contributed by atoms with van der Waals surface area (Å²) in [6.45, 7) is 0. The van der Waals surface area contributed by atoms with Gasteiger partial charge in [-0.25, -0.2) is 9.59 Å². The maximum Gasteiger partial charge on any atom is 0.326 e. The van der Waals surface area contributed by atoms with Gasteiger partial charge in [0, 0.05) is 4.47 Å². The zero-order chi connectivity index (χ0) is 15.8. The molecule has 1 unspecified atom stereocenters. The number of urea groups is 1. The van der Waals surface area contributed by atoms with Crippen LogP contribution in [0, 0.1) is 11.3 Å². The molecule has 0 bridgehead atoms. The molecule has 0 radical (unpaired) electrons. The molecule has 0 aliphatic carbocycles. The molecule has 6 nitrogen and oxygen atoms in total. The fraction of sp³-hybridized carbons (Fsp3) is 0.308. The summed E-state index contributed by atoms with van der Waals surface area (Å²) in [5.41, 5.74) is 0.614. The number of halogens is 1. The summed E-state index contributed by atoms with van der Waals surface area (Å²) in [7, 11) is 0. The average Bonchev–Trinajstić information content (AvgIpc) is 2.43. The zero-order valence-electron chi connectivity index (χ0n) is 11.2. The Kier molecular flexibility index (Phi) is 7.05. The van der Waals surface area contributed by atoms with Gasteiger partial charge in [0.15, 0.2) is 0 Å². The second-order valence-electron chi connectivity index (χ2n) is 4.07. The van der Waals surface area contributed by atoms with Gasteiger partial charge in [0.2, 0.25) is 0 Å². The van der Waals surface area contributed by atoms with E-state index in [1.165, 1.54) is 11.8 Å². The number of rotatable bonds is 6. The lowest BCUT2D eigenvalue weighted by molar-refractivity contribution is -0.139. The molecule has 0 saturated heterocycles. The number of anilines is 1. The van der Waals surface area contributed by atoms with Crippen molar-refractivity contribution in [3.63, 3.8) is 0 Å². The molecule has 21 heavy (non-hydrogen) atoms. The normalized spacial score (nSPS) is 11.3. The maximum atomic E-state index is 11.9. The molecular weight excluding hydrogens is 358 g/mol. The van der Waals surface area contributed by atoms with Gasteiger partial charge in [0.1, 0.15) is 12.1 Å². The van der Waals surface area contributed by atoms with E-state index in [4.69, 9.17) is 10.4 Å². The number of carbonyl (C=O) groups excluding carboxylic acids is 1. The van der Waals surface area contributed by atoms with Crippen molar-refractivity contribution in [2.75, 3.05) is 17.3 Å². The molecule has 1 rings (SSSR count). The number of thioether (sulfide) groups is 1. The van der Waals surface area contributed by atoms with Crippen LogP contribution < -0.4 is 10.6 Å². The third-order valence-corrected chi connectivity index (χ3v) is 3.70. The van der Waals surface area contributed by atoms with Crippen molar-refractivity contribution in [2.45, 2.75) is 12.5 Å². The first-order chi connectivity index (χ1) is 9.97. The van der Waals surface area contributed by atoms with Crippen molar-refractivity contribution in [1.82, 2.24) is 5.32 Å². The topological polar surface area (TPSA) is 102 Å². The second-order valence-corrected chi connectivity index (χ2v) is 5.97. The second kappa shape index (κ2) is 8.54. The Hall–Kier alpha value is -1.72. The standard InChI is InChI=1S/C13H14BrN3O3S/c1-21-5-4-10(12(18)19)16-13(20)17-11-6-9(14)3-2-8(11)7-15/h2-3,6,10H,4-5H2,1H3,(H,18,19)(H2,16,17,20). The van der Waals surface area contributed by atoms with Crippen LogP contribution in [0.25, 0.3) is 0 Å². The van der Waals surface area contributed by atoms with Crippen LogP contribution in [-0.4, -0.2) is 35.2 Å². The molecule has 0 saturated carbocycles. The number of hydrogen-bond donors (Lipinski definition) is 3. The number of carbonyl (C=O) groups is 2. The Morgan fingerprint density at radius 1 is 1.52 bits per heavy atom. The predicted molar refractivity (Wildman–Crippen MR) is 85.4 cm³/mol. The zero-order valence-corrected chi connectivity index (χ0v) is 13.6. The number of amides is 2. The number of aliphatic carboxylic acids is 1. The molecule has 0 heterocycles. The van der Waals surface area contributed by atoms with E-state index in [9.17, 15) is 9.59 Å². The van der Waals surface area contributed by atoms with Gasteiger partial charge < -0.3 is 15.7 Å². The maximum absolute atomic E-state index is 11.9. The molecule has 0 aromatic heterocycles. The number of carboxylic acid groups (broad SMARTS) is 1. The monoisotopic (exact) mass is 371 g/mol. The molecular formula is C13H14BrN3O3S. The van der Waals surface area contributed by atoms with Gasteiger partial charge in [-0.3, -0.25) is 0 Å². The number of carboxylic acids is 1. The molecule has 0 aliphatic rings. The van der Waals surface area contributed by atoms with Crippen LogP contribution in [0.2, 0.25) is 0 Å². The SMILES string of the molecule is CSCCC(NC(=O)Nc1cc(Br)ccc1C#N)C(=O)O. The number of benzene rings is 1. The minimum Gasteiger partial charge on any atom is -0.480 e. The Morgan fingerprint density at radius 2 is 2.24 bits per heavy atom. The summed E-state index contributed by atoms with van der Waals surface area (Å²) in [4.78, 5) is 22.9. The van der Waals surface area contributed by atoms with Crippen LogP contribution in [0.3, 0.4) is 0 Å². The first-order valence-corrected chi connectivity index (χ1v) is 8.15. The van der Waals surface area contributed by atoms with E-state index in [2.05, 4.69) is 26.6 Å². The number of nitrogens with one attached hydrogen (secondary N) is 2. The third kappa shape index (κ3) is 5.65. The van der Waals surface area contributed by atoms with Crippen molar-refractivity contribution in [1.29, 1.82) is 5.26 Å². The lowest BCUT2D eigenvalue weighted by Gasteiger charge is -2.15. The molecule has 0 spiro atoms. The summed E-state index contributed by atoms with van der Waals surface area (Å²) in [5.74, 6) is -0.466. The summed E-state index contributed by atoms with van der Waals surface area (Å²) in [6, 6.07) is 5.16. The molecule has 0 aliphatic heterocycles. The van der Waals surface area contributed by atoms with Crippen LogP contribution in [0.5, 0.6) is 0 Å². The highest BCUT2D eigenvalue weighted by Crippen LogP contribution is 2.20. The summed E-state index contributed by atoms with van der Waals surface area (Å²) in [5, 5.41) is 22.9. The largest absolute Gasteiger partial charge is 0.480 e. The molecule has 2 amide bonds. The van der Waals surface area contributed by atoms with Crippen molar-refractivity contribution in [3.8, 4) is 6.07 Å². The fourth-order valence-electron chi connectivity index (χ4n) is 1.53. The Bertz CT molecular complexity index is 574. The van der Waals surface area contributed by atoms with Crippen LogP contribution in [0.4, 0.5) is 10.5 Å². The van der Waals surface area contributed by atoms with Crippen molar-refractivity contribution < 1.29 is 14.7 Å². The molecule has 0 fully saturated rings. The Balaban J connectivity index is 2.74. The molecule has 8 heteroatoms. The van der Waals surface area contributed by atoms with E-state index >= 15 is 0 Å². The van der Waals surface area contributed by atoms with Gasteiger partial charge in [0.25, 0.3) is 0 Å². The first kappa shape index (κ1) is 17.3. The lowest BCUT2D eigenvalue weighted by Crippen LogP contribution is -2.43. The van der Waals surface area contributed by atoms with E-state index in [1.807, 2.05) is 12.3 Å². The van der Waals surface area contributed by atoms with Crippen molar-refractivity contribution >= 4 is 45.4 Å². The highest BCUT2D eigenvalue weighted by atomic mass is 79.9. The van der Waals surface area contributed by atoms with Crippen LogP contribution in [-0.2, 0) is 4.79 Å². The van der Waals surface area contributed by atoms with Gasteiger partial charge >= 0.3 is 12.0 Å². The molecule has 1 aromatic rings. The lowest BCUT2D eigenvalue weighted by atomic mass is 10.2. The molecule has 1 atom stereocenters. The number of nitriles is 1. The highest BCUT2D eigenvalue weighted by Gasteiger charge is 2.19. The molecule has 1 aromatic carbocycles. The van der Waals surface area contributed by atoms with Crippen LogP contribution >= 0.6 is 27.7 Å².